The number of cyclic esters (lactones) is 1. The van der Waals surface area contributed by atoms with Gasteiger partial charge < -0.3 is 9.47 Å². The van der Waals surface area contributed by atoms with Crippen molar-refractivity contribution in [3.63, 3.8) is 0 Å². The molecule has 84 valence electrons. The van der Waals surface area contributed by atoms with E-state index in [9.17, 15) is 9.59 Å². The number of carbonyl (C=O) groups is 2. The fourth-order valence-corrected chi connectivity index (χ4v) is 1.76. The van der Waals surface area contributed by atoms with E-state index >= 15 is 0 Å². The van der Waals surface area contributed by atoms with Gasteiger partial charge in [0.2, 0.25) is 6.10 Å². The molecular formula is C12H12O4. The molecule has 0 radical (unpaired) electrons. The van der Waals surface area contributed by atoms with Crippen LogP contribution >= 0.6 is 0 Å². The van der Waals surface area contributed by atoms with Gasteiger partial charge in [-0.05, 0) is 18.6 Å². The number of ether oxygens (including phenoxy) is 2. The predicted octanol–water partition coefficient (Wildman–Crippen LogP) is 1.25. The van der Waals surface area contributed by atoms with Crippen molar-refractivity contribution in [1.29, 1.82) is 0 Å². The van der Waals surface area contributed by atoms with Gasteiger partial charge in [-0.3, -0.25) is 0 Å². The summed E-state index contributed by atoms with van der Waals surface area (Å²) in [6.45, 7) is 1.90. The highest BCUT2D eigenvalue weighted by molar-refractivity contribution is 5.95. The van der Waals surface area contributed by atoms with Crippen molar-refractivity contribution in [2.45, 2.75) is 19.4 Å². The first-order valence-corrected chi connectivity index (χ1v) is 5.00. The van der Waals surface area contributed by atoms with E-state index < -0.39 is 18.0 Å². The van der Waals surface area contributed by atoms with E-state index in [1.54, 1.807) is 6.07 Å². The van der Waals surface area contributed by atoms with Crippen LogP contribution in [0.5, 0.6) is 0 Å². The maximum atomic E-state index is 11.6. The molecule has 4 nitrogen and oxygen atoms in total. The Balaban J connectivity index is 2.33. The molecule has 0 N–H and O–H groups in total. The predicted molar refractivity (Wildman–Crippen MR) is 56.1 cm³/mol. The van der Waals surface area contributed by atoms with E-state index in [2.05, 4.69) is 4.74 Å². The quantitative estimate of drug-likeness (QED) is 0.668. The largest absolute Gasteiger partial charge is 0.466 e. The van der Waals surface area contributed by atoms with E-state index in [1.165, 1.54) is 7.11 Å². The molecule has 0 bridgehead atoms. The van der Waals surface area contributed by atoms with Crippen molar-refractivity contribution in [2.75, 3.05) is 7.11 Å². The van der Waals surface area contributed by atoms with Gasteiger partial charge in [0.15, 0.2) is 0 Å². The molecule has 0 spiro atoms. The summed E-state index contributed by atoms with van der Waals surface area (Å²) in [6.07, 6.45) is -0.429. The van der Waals surface area contributed by atoms with Crippen LogP contribution in [0.25, 0.3) is 0 Å². The average molecular weight is 220 g/mol. The second-order valence-corrected chi connectivity index (χ2v) is 3.78. The van der Waals surface area contributed by atoms with Gasteiger partial charge in [-0.1, -0.05) is 17.7 Å². The Morgan fingerprint density at radius 3 is 2.94 bits per heavy atom. The SMILES string of the molecule is COC(=O)[C@H]1Cc2ccc(C)cc2C(=O)O1. The highest BCUT2D eigenvalue weighted by Gasteiger charge is 2.31. The number of rotatable bonds is 1. The molecule has 0 saturated carbocycles. The summed E-state index contributed by atoms with van der Waals surface area (Å²) >= 11 is 0. The third-order valence-corrected chi connectivity index (χ3v) is 2.60. The van der Waals surface area contributed by atoms with Gasteiger partial charge in [-0.25, -0.2) is 9.59 Å². The Bertz CT molecular complexity index is 450. The smallest absolute Gasteiger partial charge is 0.347 e. The van der Waals surface area contributed by atoms with Crippen LogP contribution < -0.4 is 0 Å². The molecule has 16 heavy (non-hydrogen) atoms. The number of hydrogen-bond donors (Lipinski definition) is 0. The number of methoxy groups -OCH3 is 1. The Morgan fingerprint density at radius 2 is 2.25 bits per heavy atom. The summed E-state index contributed by atoms with van der Waals surface area (Å²) in [5.74, 6) is -0.972. The van der Waals surface area contributed by atoms with Gasteiger partial charge in [-0.2, -0.15) is 0 Å². The lowest BCUT2D eigenvalue weighted by molar-refractivity contribution is -0.151. The number of hydrogen-bond acceptors (Lipinski definition) is 4. The second kappa shape index (κ2) is 3.96. The van der Waals surface area contributed by atoms with Crippen LogP contribution in [0.15, 0.2) is 18.2 Å². The van der Waals surface area contributed by atoms with Gasteiger partial charge in [0.1, 0.15) is 0 Å². The van der Waals surface area contributed by atoms with Crippen molar-refractivity contribution < 1.29 is 19.1 Å². The molecule has 2 rings (SSSR count). The first kappa shape index (κ1) is 10.7. The zero-order valence-electron chi connectivity index (χ0n) is 9.15. The number of benzene rings is 1. The molecule has 1 aliphatic rings. The lowest BCUT2D eigenvalue weighted by Crippen LogP contribution is -2.35. The van der Waals surface area contributed by atoms with Crippen LogP contribution in [-0.2, 0) is 20.7 Å². The van der Waals surface area contributed by atoms with Crippen LogP contribution in [0.4, 0.5) is 0 Å². The van der Waals surface area contributed by atoms with Crippen molar-refractivity contribution in [3.8, 4) is 0 Å². The summed E-state index contributed by atoms with van der Waals surface area (Å²) in [5, 5.41) is 0. The summed E-state index contributed by atoms with van der Waals surface area (Å²) in [5.41, 5.74) is 2.37. The summed E-state index contributed by atoms with van der Waals surface area (Å²) in [6, 6.07) is 5.53. The number of fused-ring (bicyclic) bond motifs is 1. The Kier molecular flexibility index (Phi) is 2.64. The molecule has 0 amide bonds. The Morgan fingerprint density at radius 1 is 1.50 bits per heavy atom. The standard InChI is InChI=1S/C12H12O4/c1-7-3-4-8-6-10(12(14)15-2)16-11(13)9(8)5-7/h3-5,10H,6H2,1-2H3/t10-/m1/s1. The van der Waals surface area contributed by atoms with Crippen molar-refractivity contribution in [1.82, 2.24) is 0 Å². The normalized spacial score (nSPS) is 18.6. The van der Waals surface area contributed by atoms with E-state index in [0.29, 0.717) is 12.0 Å². The maximum Gasteiger partial charge on any atom is 0.347 e. The van der Waals surface area contributed by atoms with E-state index in [4.69, 9.17) is 4.74 Å². The Hall–Kier alpha value is -1.84. The zero-order chi connectivity index (χ0) is 11.7. The molecule has 1 aliphatic heterocycles. The van der Waals surface area contributed by atoms with Crippen LogP contribution in [0, 0.1) is 6.92 Å². The molecule has 1 atom stereocenters. The first-order chi connectivity index (χ1) is 7.61. The van der Waals surface area contributed by atoms with E-state index in [0.717, 1.165) is 11.1 Å². The van der Waals surface area contributed by atoms with Gasteiger partial charge in [0.05, 0.1) is 12.7 Å². The van der Waals surface area contributed by atoms with Crippen LogP contribution in [0.2, 0.25) is 0 Å². The van der Waals surface area contributed by atoms with Crippen molar-refractivity contribution in [3.05, 3.63) is 34.9 Å². The fraction of sp³-hybridized carbons (Fsp3) is 0.333. The molecule has 0 fully saturated rings. The lowest BCUT2D eigenvalue weighted by Gasteiger charge is -2.22. The van der Waals surface area contributed by atoms with Crippen LogP contribution in [0.1, 0.15) is 21.5 Å². The third-order valence-electron chi connectivity index (χ3n) is 2.60. The van der Waals surface area contributed by atoms with E-state index in [-0.39, 0.29) is 0 Å². The maximum absolute atomic E-state index is 11.6. The Labute approximate surface area is 93.2 Å². The van der Waals surface area contributed by atoms with E-state index in [1.807, 2.05) is 19.1 Å². The van der Waals surface area contributed by atoms with Crippen molar-refractivity contribution >= 4 is 11.9 Å². The minimum atomic E-state index is -0.812. The first-order valence-electron chi connectivity index (χ1n) is 5.00. The number of carbonyl (C=O) groups excluding carboxylic acids is 2. The third kappa shape index (κ3) is 1.78. The monoisotopic (exact) mass is 220 g/mol. The number of esters is 2. The second-order valence-electron chi connectivity index (χ2n) is 3.78. The zero-order valence-corrected chi connectivity index (χ0v) is 9.15. The summed E-state index contributed by atoms with van der Waals surface area (Å²) < 4.78 is 9.57. The molecular weight excluding hydrogens is 208 g/mol. The highest BCUT2D eigenvalue weighted by atomic mass is 16.6. The summed E-state index contributed by atoms with van der Waals surface area (Å²) in [4.78, 5) is 22.9. The molecule has 0 saturated heterocycles. The van der Waals surface area contributed by atoms with Crippen LogP contribution in [-0.4, -0.2) is 25.2 Å². The molecule has 0 aliphatic carbocycles. The van der Waals surface area contributed by atoms with Gasteiger partial charge >= 0.3 is 11.9 Å². The topological polar surface area (TPSA) is 52.6 Å². The van der Waals surface area contributed by atoms with Crippen LogP contribution in [0.3, 0.4) is 0 Å². The molecule has 1 heterocycles. The molecule has 1 aromatic carbocycles. The fourth-order valence-electron chi connectivity index (χ4n) is 1.76. The van der Waals surface area contributed by atoms with Gasteiger partial charge in [0, 0.05) is 6.42 Å². The number of aryl methyl sites for hydroxylation is 1. The minimum absolute atomic E-state index is 0.383. The summed E-state index contributed by atoms with van der Waals surface area (Å²) in [7, 11) is 1.28. The van der Waals surface area contributed by atoms with Crippen molar-refractivity contribution in [2.24, 2.45) is 0 Å². The van der Waals surface area contributed by atoms with Gasteiger partial charge in [0.25, 0.3) is 0 Å². The van der Waals surface area contributed by atoms with Gasteiger partial charge in [-0.15, -0.1) is 0 Å². The molecule has 0 aromatic heterocycles. The molecule has 4 heteroatoms. The highest BCUT2D eigenvalue weighted by Crippen LogP contribution is 2.22. The lowest BCUT2D eigenvalue weighted by atomic mass is 9.97. The molecule has 0 unspecified atom stereocenters. The molecule has 1 aromatic rings. The minimum Gasteiger partial charge on any atom is -0.466 e. The average Bonchev–Trinajstić information content (AvgIpc) is 2.28.